The molecule has 20 nitrogen and oxygen atoms in total. The molecule has 2 aliphatic rings. The zero-order valence-corrected chi connectivity index (χ0v) is 42.3. The van der Waals surface area contributed by atoms with Gasteiger partial charge in [0.05, 0.1) is 22.1 Å². The van der Waals surface area contributed by atoms with Crippen LogP contribution in [0.4, 0.5) is 32.9 Å². The van der Waals surface area contributed by atoms with E-state index in [-0.39, 0.29) is 45.2 Å². The van der Waals surface area contributed by atoms with Crippen molar-refractivity contribution < 1.29 is 34.8 Å². The van der Waals surface area contributed by atoms with Crippen molar-refractivity contribution in [2.24, 2.45) is 0 Å². The highest BCUT2D eigenvalue weighted by Crippen LogP contribution is 2.28. The lowest BCUT2D eigenvalue weighted by Gasteiger charge is -2.17. The number of nitrogens with one attached hydrogen (secondary N) is 9. The fourth-order valence-corrected chi connectivity index (χ4v) is 10.1. The Kier molecular flexibility index (Phi) is 18.0. The van der Waals surface area contributed by atoms with E-state index in [1.165, 1.54) is 43.9 Å². The lowest BCUT2D eigenvalue weighted by atomic mass is 10.2. The first-order valence-electron chi connectivity index (χ1n) is 24.3. The van der Waals surface area contributed by atoms with Crippen LogP contribution in [0, 0.1) is 0 Å². The van der Waals surface area contributed by atoms with Crippen molar-refractivity contribution in [3.05, 3.63) is 84.9 Å². The number of carbonyl (C=O) groups excluding carboxylic acids is 2. The van der Waals surface area contributed by atoms with Crippen molar-refractivity contribution in [2.75, 3.05) is 60.5 Å². The molecule has 4 aromatic carbocycles. The number of benzene rings is 4. The van der Waals surface area contributed by atoms with Crippen molar-refractivity contribution in [1.82, 2.24) is 40.8 Å². The second-order valence-corrected chi connectivity index (χ2v) is 20.9. The van der Waals surface area contributed by atoms with Crippen molar-refractivity contribution in [1.29, 1.82) is 0 Å². The van der Waals surface area contributed by atoms with Gasteiger partial charge in [0.2, 0.25) is 11.9 Å². The van der Waals surface area contributed by atoms with Crippen LogP contribution >= 0.6 is 0 Å². The number of hydrogen-bond donors (Lipinski definition) is 9. The van der Waals surface area contributed by atoms with Gasteiger partial charge < -0.3 is 49.8 Å². The molecule has 2 aromatic heterocycles. The number of hydrogen-bond acceptors (Lipinski definition) is 14. The normalized spacial score (nSPS) is 14.3. The molecule has 2 fully saturated rings. The maximum absolute atomic E-state index is 12.8. The molecule has 8 rings (SSSR count). The van der Waals surface area contributed by atoms with Crippen LogP contribution in [0.5, 0.6) is 11.5 Å². The fraction of sp³-hybridized carbons (Fsp3) is 0.429. The zero-order valence-electron chi connectivity index (χ0n) is 40.6. The second kappa shape index (κ2) is 24.5. The zero-order chi connectivity index (χ0) is 50.4. The number of urea groups is 2. The number of rotatable bonds is 21. The summed E-state index contributed by atoms with van der Waals surface area (Å²) >= 11 is 0. The Morgan fingerprint density at radius 2 is 1.04 bits per heavy atom. The van der Waals surface area contributed by atoms with Gasteiger partial charge >= 0.3 is 32.3 Å². The first-order chi connectivity index (χ1) is 34.1. The fourth-order valence-electron chi connectivity index (χ4n) is 8.30. The third kappa shape index (κ3) is 15.4. The summed E-state index contributed by atoms with van der Waals surface area (Å²) in [6, 6.07) is 23.1. The minimum Gasteiger partial charge on any atom is -0.382 e. The van der Waals surface area contributed by atoms with Gasteiger partial charge in [0.25, 0.3) is 0 Å². The van der Waals surface area contributed by atoms with E-state index in [1.807, 2.05) is 13.8 Å². The Labute approximate surface area is 415 Å². The van der Waals surface area contributed by atoms with E-state index in [9.17, 15) is 26.4 Å². The molecule has 0 saturated heterocycles. The summed E-state index contributed by atoms with van der Waals surface area (Å²) in [6.45, 7) is 12.5. The predicted molar refractivity (Wildman–Crippen MR) is 277 cm³/mol. The quantitative estimate of drug-likeness (QED) is 0.0245. The molecular weight excluding hydrogens is 949 g/mol. The number of H-pyrrole nitrogens is 2. The van der Waals surface area contributed by atoms with Crippen LogP contribution in [0.3, 0.4) is 0 Å². The molecule has 0 unspecified atom stereocenters. The Hall–Kier alpha value is -6.62. The minimum atomic E-state index is -4.01. The highest BCUT2D eigenvalue weighted by atomic mass is 32.2. The van der Waals surface area contributed by atoms with Gasteiger partial charge in [-0.05, 0) is 112 Å². The number of aromatic amines is 2. The van der Waals surface area contributed by atoms with Gasteiger partial charge in [-0.25, -0.2) is 19.6 Å². The molecule has 0 spiro atoms. The molecule has 22 heteroatoms. The highest BCUT2D eigenvalue weighted by Gasteiger charge is 2.21. The van der Waals surface area contributed by atoms with Crippen LogP contribution in [0.1, 0.15) is 79.1 Å². The molecule has 0 aliphatic heterocycles. The van der Waals surface area contributed by atoms with E-state index < -0.39 is 20.2 Å². The largest absolute Gasteiger partial charge is 0.382 e. The minimum absolute atomic E-state index is 0.0742. The summed E-state index contributed by atoms with van der Waals surface area (Å²) in [7, 11) is -8.01. The molecule has 6 aromatic rings. The molecule has 2 saturated carbocycles. The Morgan fingerprint density at radius 3 is 1.45 bits per heavy atom. The number of imidazole rings is 2. The van der Waals surface area contributed by atoms with Gasteiger partial charge in [-0.15, -0.1) is 0 Å². The van der Waals surface area contributed by atoms with E-state index in [1.54, 1.807) is 66.7 Å². The average Bonchev–Trinajstić information content (AvgIpc) is 4.19. The maximum atomic E-state index is 12.8. The molecule has 0 bridgehead atoms. The summed E-state index contributed by atoms with van der Waals surface area (Å²) < 4.78 is 61.8. The van der Waals surface area contributed by atoms with Crippen molar-refractivity contribution in [3.63, 3.8) is 0 Å². The molecule has 0 atom stereocenters. The molecule has 0 radical (unpaired) electrons. The predicted octanol–water partition coefficient (Wildman–Crippen LogP) is 7.95. The van der Waals surface area contributed by atoms with E-state index in [4.69, 9.17) is 8.37 Å². The summed E-state index contributed by atoms with van der Waals surface area (Å²) in [5.41, 5.74) is 4.00. The maximum Gasteiger partial charge on any atom is 0.339 e. The van der Waals surface area contributed by atoms with Gasteiger partial charge in [-0.2, -0.15) is 16.8 Å². The molecule has 4 amide bonds. The first kappa shape index (κ1) is 52.2. The number of likely N-dealkylation sites (N-methyl/N-ethyl adjacent to an activating group) is 1. The van der Waals surface area contributed by atoms with E-state index >= 15 is 0 Å². The smallest absolute Gasteiger partial charge is 0.339 e. The molecule has 2 heterocycles. The number of carbonyl (C=O) groups is 2. The summed E-state index contributed by atoms with van der Waals surface area (Å²) in [4.78, 5) is 41.1. The SMILES string of the molecule is CC(C)NCCNC(=O)Nc1nc2ccc(OS(=O)(=O)c3ccc(NC4CCCC4)cc3)cc2[nH]1.CCN(CC)CCNC(=O)Nc1nc2ccc(OS(=O)(=O)c3ccc(NC4CCCC4)cc3)cc2[nH]1. The van der Waals surface area contributed by atoms with Gasteiger partial charge in [0, 0.05) is 67.8 Å². The molecular formula is C49H66N12O8S2. The van der Waals surface area contributed by atoms with E-state index in [0.717, 1.165) is 56.7 Å². The van der Waals surface area contributed by atoms with Crippen molar-refractivity contribution >= 4 is 77.6 Å². The van der Waals surface area contributed by atoms with Crippen LogP contribution in [0.25, 0.3) is 22.1 Å². The summed E-state index contributed by atoms with van der Waals surface area (Å²) in [6.07, 6.45) is 9.43. The molecule has 71 heavy (non-hydrogen) atoms. The average molecular weight is 1020 g/mol. The summed E-state index contributed by atoms with van der Waals surface area (Å²) in [5, 5.41) is 20.9. The van der Waals surface area contributed by atoms with Gasteiger partial charge in [0.15, 0.2) is 0 Å². The monoisotopic (exact) mass is 1010 g/mol. The van der Waals surface area contributed by atoms with Gasteiger partial charge in [0.1, 0.15) is 21.3 Å². The van der Waals surface area contributed by atoms with Crippen LogP contribution < -0.4 is 45.6 Å². The number of amides is 4. The molecule has 382 valence electrons. The lowest BCUT2D eigenvalue weighted by molar-refractivity contribution is 0.247. The Balaban J connectivity index is 0.000000209. The Bertz CT molecular complexity index is 2910. The second-order valence-electron chi connectivity index (χ2n) is 17.8. The van der Waals surface area contributed by atoms with E-state index in [2.05, 4.69) is 75.9 Å². The number of fused-ring (bicyclic) bond motifs is 2. The third-order valence-corrected chi connectivity index (χ3v) is 14.6. The lowest BCUT2D eigenvalue weighted by Crippen LogP contribution is -2.37. The standard InChI is InChI=1S/C25H34N6O4S.C24H32N6O4S/c1-3-31(4-2)16-15-26-25(32)30-24-28-22-14-11-20(17-23(22)29-24)35-36(33,34)21-12-9-19(10-13-21)27-18-7-5-6-8-18;1-16(2)25-13-14-26-24(31)30-23-28-21-12-9-19(15-22(21)29-23)34-35(32,33)20-10-7-18(8-11-20)27-17-5-3-4-6-17/h9-14,17-18,27H,3-8,15-16H2,1-2H3,(H3,26,28,29,30,32);7-12,15-17,25,27H,3-6,13-14H2,1-2H3,(H3,26,28,29,30,31). The van der Waals surface area contributed by atoms with Crippen molar-refractivity contribution in [3.8, 4) is 11.5 Å². The highest BCUT2D eigenvalue weighted by molar-refractivity contribution is 7.87. The van der Waals surface area contributed by atoms with Crippen LogP contribution in [-0.4, -0.2) is 111 Å². The molecule has 2 aliphatic carbocycles. The first-order valence-corrected chi connectivity index (χ1v) is 27.1. The van der Waals surface area contributed by atoms with Gasteiger partial charge in [-0.3, -0.25) is 10.6 Å². The third-order valence-electron chi connectivity index (χ3n) is 12.1. The van der Waals surface area contributed by atoms with Crippen LogP contribution in [0.2, 0.25) is 0 Å². The number of anilines is 4. The van der Waals surface area contributed by atoms with E-state index in [0.29, 0.717) is 59.8 Å². The van der Waals surface area contributed by atoms with Gasteiger partial charge in [-0.1, -0.05) is 53.4 Å². The van der Waals surface area contributed by atoms with Crippen LogP contribution in [0.15, 0.2) is 94.7 Å². The number of aromatic nitrogens is 4. The molecule has 9 N–H and O–H groups in total. The van der Waals surface area contributed by atoms with Crippen molar-refractivity contribution in [2.45, 2.75) is 107 Å². The van der Waals surface area contributed by atoms with Crippen LogP contribution in [-0.2, 0) is 20.2 Å². The number of nitrogens with zero attached hydrogens (tertiary/aromatic N) is 3. The summed E-state index contributed by atoms with van der Waals surface area (Å²) in [5.74, 6) is 0.801. The Morgan fingerprint density at radius 1 is 0.620 bits per heavy atom. The topological polar surface area (TPSA) is 266 Å².